The average molecular weight is 318 g/mol. The van der Waals surface area contributed by atoms with Crippen molar-refractivity contribution in [2.75, 3.05) is 6.61 Å². The molecule has 112 valence electrons. The number of carbonyl (C=O) groups excluding carboxylic acids is 1. The molecule has 0 aliphatic heterocycles. The lowest BCUT2D eigenvalue weighted by atomic mass is 10.1. The van der Waals surface area contributed by atoms with Crippen molar-refractivity contribution in [1.82, 2.24) is 9.78 Å². The molecule has 1 aromatic heterocycles. The van der Waals surface area contributed by atoms with Crippen molar-refractivity contribution in [3.05, 3.63) is 51.3 Å². The van der Waals surface area contributed by atoms with E-state index in [2.05, 4.69) is 5.10 Å². The van der Waals surface area contributed by atoms with E-state index >= 15 is 0 Å². The molecule has 0 atom stereocenters. The van der Waals surface area contributed by atoms with Crippen LogP contribution < -0.4 is 5.56 Å². The summed E-state index contributed by atoms with van der Waals surface area (Å²) in [6.45, 7) is 1.54. The van der Waals surface area contributed by atoms with Gasteiger partial charge in [0.15, 0.2) is 0 Å². The molecule has 1 aromatic carbocycles. The molecular weight excluding hydrogens is 306 g/mol. The fourth-order valence-electron chi connectivity index (χ4n) is 1.83. The van der Waals surface area contributed by atoms with Gasteiger partial charge in [-0.3, -0.25) is 4.79 Å². The second-order valence-corrected chi connectivity index (χ2v) is 4.73. The Morgan fingerprint density at radius 1 is 1.41 bits per heavy atom. The Balaban J connectivity index is 2.60. The zero-order chi connectivity index (χ0) is 16.1. The van der Waals surface area contributed by atoms with Gasteiger partial charge in [0.25, 0.3) is 5.56 Å². The van der Waals surface area contributed by atoms with Crippen LogP contribution in [0.1, 0.15) is 17.3 Å². The summed E-state index contributed by atoms with van der Waals surface area (Å²) in [7, 11) is 0. The number of hydrogen-bond donors (Lipinski definition) is 0. The van der Waals surface area contributed by atoms with Crippen LogP contribution in [0.25, 0.3) is 11.3 Å². The molecule has 2 aromatic rings. The van der Waals surface area contributed by atoms with E-state index in [-0.39, 0.29) is 18.7 Å². The maximum atomic E-state index is 12.1. The van der Waals surface area contributed by atoms with Crippen molar-refractivity contribution < 1.29 is 9.53 Å². The quantitative estimate of drug-likeness (QED) is 0.807. The topological polar surface area (TPSA) is 85.0 Å². The maximum absolute atomic E-state index is 12.1. The standard InChI is InChI=1S/C15H12ClN3O3/c1-2-22-15(21)12-9-13(10-3-5-11(16)6-4-10)18-19(8-7-17)14(12)20/h3-6,9H,2,8H2,1H3. The monoisotopic (exact) mass is 317 g/mol. The lowest BCUT2D eigenvalue weighted by Gasteiger charge is -2.08. The van der Waals surface area contributed by atoms with Crippen LogP contribution in [0.4, 0.5) is 0 Å². The smallest absolute Gasteiger partial charge is 0.343 e. The minimum absolute atomic E-state index is 0.148. The largest absolute Gasteiger partial charge is 0.462 e. The molecule has 0 radical (unpaired) electrons. The van der Waals surface area contributed by atoms with Crippen molar-refractivity contribution in [3.63, 3.8) is 0 Å². The number of halogens is 1. The Morgan fingerprint density at radius 3 is 2.68 bits per heavy atom. The first-order chi connectivity index (χ1) is 10.6. The summed E-state index contributed by atoms with van der Waals surface area (Å²) in [4.78, 5) is 24.0. The molecule has 1 heterocycles. The van der Waals surface area contributed by atoms with Crippen LogP contribution in [-0.4, -0.2) is 22.4 Å². The van der Waals surface area contributed by atoms with Gasteiger partial charge in [-0.05, 0) is 25.1 Å². The molecule has 6 nitrogen and oxygen atoms in total. The molecule has 0 aliphatic rings. The van der Waals surface area contributed by atoms with Gasteiger partial charge in [0.2, 0.25) is 0 Å². The van der Waals surface area contributed by atoms with E-state index in [0.717, 1.165) is 4.68 Å². The fraction of sp³-hybridized carbons (Fsp3) is 0.200. The molecule has 0 saturated carbocycles. The normalized spacial score (nSPS) is 10.0. The lowest BCUT2D eigenvalue weighted by molar-refractivity contribution is 0.0523. The minimum atomic E-state index is -0.739. The maximum Gasteiger partial charge on any atom is 0.343 e. The van der Waals surface area contributed by atoms with Gasteiger partial charge < -0.3 is 4.74 Å². The first-order valence-electron chi connectivity index (χ1n) is 6.49. The number of esters is 1. The Hall–Kier alpha value is -2.65. The van der Waals surface area contributed by atoms with Gasteiger partial charge in [-0.2, -0.15) is 10.4 Å². The molecule has 0 aliphatic carbocycles. The van der Waals surface area contributed by atoms with Crippen LogP contribution in [0.3, 0.4) is 0 Å². The van der Waals surface area contributed by atoms with E-state index in [4.69, 9.17) is 21.6 Å². The summed E-state index contributed by atoms with van der Waals surface area (Å²) in [5.41, 5.74) is 0.242. The highest BCUT2D eigenvalue weighted by Gasteiger charge is 2.17. The minimum Gasteiger partial charge on any atom is -0.462 e. The third kappa shape index (κ3) is 3.32. The molecule has 0 amide bonds. The van der Waals surface area contributed by atoms with Gasteiger partial charge in [-0.1, -0.05) is 23.7 Å². The molecular formula is C15H12ClN3O3. The summed E-state index contributed by atoms with van der Waals surface area (Å²) < 4.78 is 5.81. The van der Waals surface area contributed by atoms with E-state index in [1.807, 2.05) is 6.07 Å². The number of carbonyl (C=O) groups is 1. The summed E-state index contributed by atoms with van der Waals surface area (Å²) in [6.07, 6.45) is 0. The third-order valence-electron chi connectivity index (χ3n) is 2.83. The number of benzene rings is 1. The summed E-state index contributed by atoms with van der Waals surface area (Å²) in [5.74, 6) is -0.739. The van der Waals surface area contributed by atoms with Crippen molar-refractivity contribution in [2.24, 2.45) is 0 Å². The lowest BCUT2D eigenvalue weighted by Crippen LogP contribution is -2.29. The highest BCUT2D eigenvalue weighted by atomic mass is 35.5. The predicted molar refractivity (Wildman–Crippen MR) is 80.5 cm³/mol. The van der Waals surface area contributed by atoms with E-state index in [1.54, 1.807) is 31.2 Å². The molecule has 0 bridgehead atoms. The number of nitriles is 1. The second kappa shape index (κ2) is 6.87. The van der Waals surface area contributed by atoms with Crippen molar-refractivity contribution >= 4 is 17.6 Å². The highest BCUT2D eigenvalue weighted by molar-refractivity contribution is 6.30. The second-order valence-electron chi connectivity index (χ2n) is 4.29. The molecule has 2 rings (SSSR count). The molecule has 0 spiro atoms. The van der Waals surface area contributed by atoms with Crippen LogP contribution in [0.15, 0.2) is 35.1 Å². The van der Waals surface area contributed by atoms with Gasteiger partial charge in [-0.25, -0.2) is 9.48 Å². The molecule has 0 N–H and O–H groups in total. The van der Waals surface area contributed by atoms with Gasteiger partial charge >= 0.3 is 5.97 Å². The number of nitrogens with zero attached hydrogens (tertiary/aromatic N) is 3. The fourth-order valence-corrected chi connectivity index (χ4v) is 1.96. The Labute approximate surface area is 131 Å². The molecule has 7 heteroatoms. The first-order valence-corrected chi connectivity index (χ1v) is 6.86. The van der Waals surface area contributed by atoms with Crippen LogP contribution in [-0.2, 0) is 11.3 Å². The number of rotatable bonds is 4. The number of aromatic nitrogens is 2. The molecule has 0 fully saturated rings. The number of ether oxygens (including phenoxy) is 1. The number of hydrogen-bond acceptors (Lipinski definition) is 5. The molecule has 0 saturated heterocycles. The Bertz CT molecular complexity index is 791. The van der Waals surface area contributed by atoms with E-state index in [1.165, 1.54) is 6.07 Å². The van der Waals surface area contributed by atoms with E-state index < -0.39 is 11.5 Å². The SMILES string of the molecule is CCOC(=O)c1cc(-c2ccc(Cl)cc2)nn(CC#N)c1=O. The van der Waals surface area contributed by atoms with Gasteiger partial charge in [0.1, 0.15) is 12.1 Å². The van der Waals surface area contributed by atoms with Gasteiger partial charge in [0, 0.05) is 10.6 Å². The summed E-state index contributed by atoms with van der Waals surface area (Å²) >= 11 is 5.84. The first kappa shape index (κ1) is 15.7. The zero-order valence-electron chi connectivity index (χ0n) is 11.7. The molecule has 22 heavy (non-hydrogen) atoms. The Morgan fingerprint density at radius 2 is 2.09 bits per heavy atom. The van der Waals surface area contributed by atoms with Crippen molar-refractivity contribution in [1.29, 1.82) is 5.26 Å². The van der Waals surface area contributed by atoms with Crippen molar-refractivity contribution in [3.8, 4) is 17.3 Å². The zero-order valence-corrected chi connectivity index (χ0v) is 12.5. The van der Waals surface area contributed by atoms with Crippen LogP contribution in [0.2, 0.25) is 5.02 Å². The summed E-state index contributed by atoms with van der Waals surface area (Å²) in [5, 5.41) is 13.4. The van der Waals surface area contributed by atoms with Crippen molar-refractivity contribution in [2.45, 2.75) is 13.5 Å². The van der Waals surface area contributed by atoms with E-state index in [0.29, 0.717) is 16.3 Å². The third-order valence-corrected chi connectivity index (χ3v) is 3.08. The van der Waals surface area contributed by atoms with Crippen LogP contribution in [0, 0.1) is 11.3 Å². The van der Waals surface area contributed by atoms with Gasteiger partial charge in [-0.15, -0.1) is 0 Å². The molecule has 0 unspecified atom stereocenters. The van der Waals surface area contributed by atoms with Crippen LogP contribution in [0.5, 0.6) is 0 Å². The van der Waals surface area contributed by atoms with E-state index in [9.17, 15) is 9.59 Å². The predicted octanol–water partition coefficient (Wildman–Crippen LogP) is 2.26. The highest BCUT2D eigenvalue weighted by Crippen LogP contribution is 2.19. The van der Waals surface area contributed by atoms with Gasteiger partial charge in [0.05, 0.1) is 18.4 Å². The van der Waals surface area contributed by atoms with Crippen LogP contribution >= 0.6 is 11.6 Å². The summed E-state index contributed by atoms with van der Waals surface area (Å²) in [6, 6.07) is 9.95. The average Bonchev–Trinajstić information content (AvgIpc) is 2.50. The Kier molecular flexibility index (Phi) is 4.92.